The summed E-state index contributed by atoms with van der Waals surface area (Å²) < 4.78 is 25.5. The highest BCUT2D eigenvalue weighted by molar-refractivity contribution is 9.10. The van der Waals surface area contributed by atoms with Crippen LogP contribution in [0.25, 0.3) is 0 Å². The fourth-order valence-electron chi connectivity index (χ4n) is 7.92. The summed E-state index contributed by atoms with van der Waals surface area (Å²) in [6.07, 6.45) is 2.18. The molecule has 0 radical (unpaired) electrons. The average Bonchev–Trinajstić information content (AvgIpc) is 2.98. The van der Waals surface area contributed by atoms with Crippen LogP contribution in [0.3, 0.4) is 0 Å². The van der Waals surface area contributed by atoms with E-state index in [0.29, 0.717) is 6.42 Å². The van der Waals surface area contributed by atoms with Crippen molar-refractivity contribution < 1.29 is 38.1 Å². The molecule has 9 atom stereocenters. The van der Waals surface area contributed by atoms with Crippen molar-refractivity contribution in [2.24, 2.45) is 28.6 Å². The van der Waals surface area contributed by atoms with Gasteiger partial charge < -0.3 is 14.6 Å². The van der Waals surface area contributed by atoms with Gasteiger partial charge in [0.1, 0.15) is 11.2 Å². The third-order valence-electron chi connectivity index (χ3n) is 9.35. The first-order valence-electron chi connectivity index (χ1n) is 12.1. The molecular weight excluding hydrogens is 559 g/mol. The van der Waals surface area contributed by atoms with E-state index in [4.69, 9.17) is 21.1 Å². The molecule has 1 N–H and O–H groups in total. The van der Waals surface area contributed by atoms with Gasteiger partial charge in [0.2, 0.25) is 5.78 Å². The Bertz CT molecular complexity index is 1110. The number of Topliss-reactive ketones (excluding diaryl/α,β-unsaturated/α-hetero) is 1. The van der Waals surface area contributed by atoms with Gasteiger partial charge in [-0.15, -0.1) is 11.6 Å². The van der Waals surface area contributed by atoms with Crippen LogP contribution in [-0.4, -0.2) is 56.6 Å². The lowest BCUT2D eigenvalue weighted by Crippen LogP contribution is -2.69. The number of hydrogen-bond donors (Lipinski definition) is 1. The standard InChI is InChI=1S/C26H31BrClFO7/c1-12-8-15-16-9-17(29)21-22(28)18(32)6-7-23(21,4)25(16,27)19(33)10-24(15,5)26(12,36-14(3)31)20(34)11-35-13(2)30/h6-7,12,15-16,19,22,33H,8-11H2,1-5H3/t12-,15-,16-,19-,22+,23-,24-,25-,26-/m0/s1. The van der Waals surface area contributed by atoms with Crippen LogP contribution >= 0.6 is 27.5 Å². The predicted molar refractivity (Wildman–Crippen MR) is 132 cm³/mol. The fourth-order valence-corrected chi connectivity index (χ4v) is 9.33. The van der Waals surface area contributed by atoms with Crippen LogP contribution < -0.4 is 0 Å². The number of fused-ring (bicyclic) bond motifs is 5. The van der Waals surface area contributed by atoms with Gasteiger partial charge in [-0.25, -0.2) is 4.39 Å². The molecule has 0 aromatic heterocycles. The zero-order valence-electron chi connectivity index (χ0n) is 20.9. The quantitative estimate of drug-likeness (QED) is 0.391. The largest absolute Gasteiger partial charge is 0.458 e. The number of ether oxygens (including phenoxy) is 2. The lowest BCUT2D eigenvalue weighted by atomic mass is 9.46. The van der Waals surface area contributed by atoms with E-state index in [1.165, 1.54) is 19.9 Å². The van der Waals surface area contributed by atoms with Crippen molar-refractivity contribution in [2.45, 2.75) is 75.3 Å². The van der Waals surface area contributed by atoms with Crippen molar-refractivity contribution in [2.75, 3.05) is 6.61 Å². The molecule has 0 saturated heterocycles. The summed E-state index contributed by atoms with van der Waals surface area (Å²) >= 11 is 10.2. The Labute approximate surface area is 222 Å². The number of allylic oxidation sites excluding steroid dienone is 4. The second kappa shape index (κ2) is 8.73. The summed E-state index contributed by atoms with van der Waals surface area (Å²) in [6, 6.07) is 0. The molecule has 0 aliphatic heterocycles. The van der Waals surface area contributed by atoms with Crippen molar-refractivity contribution in [1.82, 2.24) is 0 Å². The highest BCUT2D eigenvalue weighted by Gasteiger charge is 2.76. The monoisotopic (exact) mass is 588 g/mol. The summed E-state index contributed by atoms with van der Waals surface area (Å²) in [6.45, 7) is 7.15. The van der Waals surface area contributed by atoms with E-state index >= 15 is 4.39 Å². The lowest BCUT2D eigenvalue weighted by Gasteiger charge is -2.64. The van der Waals surface area contributed by atoms with Gasteiger partial charge in [0, 0.05) is 37.0 Å². The number of aliphatic hydroxyl groups is 1. The predicted octanol–water partition coefficient (Wildman–Crippen LogP) is 3.98. The van der Waals surface area contributed by atoms with E-state index in [1.807, 2.05) is 0 Å². The second-order valence-electron chi connectivity index (χ2n) is 11.1. The Balaban J connectivity index is 1.88. The SMILES string of the molecule is CC(=O)OCC(=O)[C@@]1(OC(C)=O)[C@@H](C)C[C@H]2[C@@H]3CC(F)=C4[C@H](Cl)C(=O)C=C[C@]4(C)[C@@]3(Br)[C@@H](O)C[C@@]21C. The van der Waals surface area contributed by atoms with Crippen molar-refractivity contribution in [3.05, 3.63) is 23.6 Å². The maximum absolute atomic E-state index is 15.8. The summed E-state index contributed by atoms with van der Waals surface area (Å²) in [7, 11) is 0. The first kappa shape index (κ1) is 27.5. The molecule has 0 spiro atoms. The molecule has 0 heterocycles. The number of ketones is 2. The van der Waals surface area contributed by atoms with Gasteiger partial charge in [-0.05, 0) is 36.3 Å². The molecule has 0 bridgehead atoms. The molecule has 10 heteroatoms. The molecular formula is C26H31BrClFO7. The minimum Gasteiger partial charge on any atom is -0.458 e. The minimum atomic E-state index is -1.68. The van der Waals surface area contributed by atoms with Crippen LogP contribution in [0.4, 0.5) is 4.39 Å². The molecule has 0 aromatic rings. The molecule has 2 saturated carbocycles. The van der Waals surface area contributed by atoms with E-state index in [1.54, 1.807) is 26.8 Å². The Kier molecular flexibility index (Phi) is 6.66. The van der Waals surface area contributed by atoms with Gasteiger partial charge in [0.25, 0.3) is 0 Å². The van der Waals surface area contributed by atoms with Crippen LogP contribution in [0, 0.1) is 28.6 Å². The third kappa shape index (κ3) is 3.37. The molecule has 198 valence electrons. The normalized spacial score (nSPS) is 45.5. The number of halogens is 3. The maximum atomic E-state index is 15.8. The van der Waals surface area contributed by atoms with Crippen molar-refractivity contribution in [3.8, 4) is 0 Å². The first-order valence-corrected chi connectivity index (χ1v) is 13.3. The Morgan fingerprint density at radius 3 is 2.44 bits per heavy atom. The fraction of sp³-hybridized carbons (Fsp3) is 0.692. The van der Waals surface area contributed by atoms with Crippen molar-refractivity contribution in [1.29, 1.82) is 0 Å². The molecule has 0 aromatic carbocycles. The highest BCUT2D eigenvalue weighted by Crippen LogP contribution is 2.73. The summed E-state index contributed by atoms with van der Waals surface area (Å²) in [5, 5.41) is 10.6. The van der Waals surface area contributed by atoms with E-state index in [9.17, 15) is 24.3 Å². The molecule has 0 amide bonds. The smallest absolute Gasteiger partial charge is 0.303 e. The number of carbonyl (C=O) groups is 4. The molecule has 4 aliphatic rings. The van der Waals surface area contributed by atoms with Crippen molar-refractivity contribution >= 4 is 51.0 Å². The molecule has 4 rings (SSSR count). The molecule has 2 fully saturated rings. The highest BCUT2D eigenvalue weighted by atomic mass is 79.9. The van der Waals surface area contributed by atoms with Gasteiger partial charge in [0.05, 0.1) is 10.4 Å². The van der Waals surface area contributed by atoms with Gasteiger partial charge >= 0.3 is 11.9 Å². The maximum Gasteiger partial charge on any atom is 0.303 e. The Morgan fingerprint density at radius 1 is 1.22 bits per heavy atom. The molecule has 0 unspecified atom stereocenters. The number of hydrogen-bond acceptors (Lipinski definition) is 7. The third-order valence-corrected chi connectivity index (χ3v) is 11.7. The number of carbonyl (C=O) groups excluding carboxylic acids is 4. The number of aliphatic hydroxyl groups excluding tert-OH is 1. The van der Waals surface area contributed by atoms with Crippen LogP contribution in [-0.2, 0) is 28.7 Å². The summed E-state index contributed by atoms with van der Waals surface area (Å²) in [5.74, 6) is -4.19. The average molecular weight is 590 g/mol. The van der Waals surface area contributed by atoms with Gasteiger partial charge in [-0.1, -0.05) is 42.8 Å². The van der Waals surface area contributed by atoms with Crippen LogP contribution in [0.5, 0.6) is 0 Å². The van der Waals surface area contributed by atoms with E-state index in [2.05, 4.69) is 15.9 Å². The Hall–Kier alpha value is -1.58. The van der Waals surface area contributed by atoms with Gasteiger partial charge in [0.15, 0.2) is 18.0 Å². The van der Waals surface area contributed by atoms with Crippen molar-refractivity contribution in [3.63, 3.8) is 0 Å². The number of alkyl halides is 2. The van der Waals surface area contributed by atoms with Crippen LogP contribution in [0.1, 0.15) is 53.9 Å². The topological polar surface area (TPSA) is 107 Å². The van der Waals surface area contributed by atoms with Gasteiger partial charge in [-0.2, -0.15) is 0 Å². The number of rotatable bonds is 4. The molecule has 36 heavy (non-hydrogen) atoms. The zero-order chi connectivity index (χ0) is 27.0. The van der Waals surface area contributed by atoms with E-state index in [-0.39, 0.29) is 24.3 Å². The summed E-state index contributed by atoms with van der Waals surface area (Å²) in [5.41, 5.74) is -3.73. The zero-order valence-corrected chi connectivity index (χ0v) is 23.2. The van der Waals surface area contributed by atoms with Gasteiger partial charge in [-0.3, -0.25) is 19.2 Å². The lowest BCUT2D eigenvalue weighted by molar-refractivity contribution is -0.201. The van der Waals surface area contributed by atoms with Crippen LogP contribution in [0.15, 0.2) is 23.6 Å². The first-order chi connectivity index (χ1) is 16.6. The molecule has 4 aliphatic carbocycles. The van der Waals surface area contributed by atoms with Crippen LogP contribution in [0.2, 0.25) is 0 Å². The number of esters is 2. The Morgan fingerprint density at radius 2 is 1.86 bits per heavy atom. The van der Waals surface area contributed by atoms with E-state index < -0.39 is 80.0 Å². The summed E-state index contributed by atoms with van der Waals surface area (Å²) in [4.78, 5) is 49.7. The second-order valence-corrected chi connectivity index (χ2v) is 12.9. The molecule has 7 nitrogen and oxygen atoms in total. The van der Waals surface area contributed by atoms with E-state index in [0.717, 1.165) is 0 Å². The minimum absolute atomic E-state index is 0.0437.